The topological polar surface area (TPSA) is 87.7 Å². The van der Waals surface area contributed by atoms with E-state index in [4.69, 9.17) is 4.74 Å². The average molecular weight is 556 g/mol. The molecule has 3 aromatic rings. The molecule has 0 aromatic heterocycles. The molecule has 2 atom stereocenters. The van der Waals surface area contributed by atoms with Gasteiger partial charge in [0.15, 0.2) is 0 Å². The zero-order chi connectivity index (χ0) is 29.7. The molecule has 2 N–H and O–H groups in total. The van der Waals surface area contributed by atoms with Crippen LogP contribution in [0.3, 0.4) is 0 Å². The number of ether oxygens (including phenoxy) is 1. The summed E-state index contributed by atoms with van der Waals surface area (Å²) in [6.45, 7) is 12.4. The maximum Gasteiger partial charge on any atom is 0.338 e. The molecule has 7 nitrogen and oxygen atoms in total. The highest BCUT2D eigenvalue weighted by Crippen LogP contribution is 2.30. The van der Waals surface area contributed by atoms with Crippen molar-refractivity contribution < 1.29 is 19.1 Å². The first kappa shape index (κ1) is 29.8. The number of hydrogen-bond donors (Lipinski definition) is 2. The minimum Gasteiger partial charge on any atom is -0.456 e. The van der Waals surface area contributed by atoms with Gasteiger partial charge in [0.2, 0.25) is 5.91 Å². The van der Waals surface area contributed by atoms with E-state index in [0.717, 1.165) is 24.0 Å². The number of benzene rings is 3. The molecule has 0 bridgehead atoms. The third-order valence-corrected chi connectivity index (χ3v) is 7.41. The molecule has 41 heavy (non-hydrogen) atoms. The monoisotopic (exact) mass is 555 g/mol. The fourth-order valence-electron chi connectivity index (χ4n) is 5.11. The van der Waals surface area contributed by atoms with Gasteiger partial charge in [-0.2, -0.15) is 0 Å². The molecule has 1 aliphatic heterocycles. The Morgan fingerprint density at radius 1 is 0.854 bits per heavy atom. The number of carbonyl (C=O) groups is 3. The predicted octanol–water partition coefficient (Wildman–Crippen LogP) is 7.70. The standard InChI is InChI=1S/C34H41N3O4/c1-7-23-20-21-37(33(40)36-29-16-12-24(13-17-29)22(2)3)30(23)31(38)35-28-18-14-26(15-19-28)25-8-10-27(11-9-25)32(39)41-34(4,5)6/h8-19,22-23,30H,7,20-21H2,1-6H3,(H,35,38)(H,36,40)/t23?,30-/m1/s1. The smallest absolute Gasteiger partial charge is 0.338 e. The second kappa shape index (κ2) is 12.6. The van der Waals surface area contributed by atoms with Crippen LogP contribution in [0, 0.1) is 5.92 Å². The molecule has 1 fully saturated rings. The van der Waals surface area contributed by atoms with Gasteiger partial charge in [0.1, 0.15) is 11.6 Å². The zero-order valence-corrected chi connectivity index (χ0v) is 24.9. The molecule has 0 saturated carbocycles. The van der Waals surface area contributed by atoms with E-state index in [2.05, 4.69) is 31.4 Å². The Morgan fingerprint density at radius 2 is 1.39 bits per heavy atom. The second-order valence-corrected chi connectivity index (χ2v) is 11.9. The van der Waals surface area contributed by atoms with Crippen molar-refractivity contribution in [3.63, 3.8) is 0 Å². The Balaban J connectivity index is 1.41. The van der Waals surface area contributed by atoms with Crippen LogP contribution in [0.5, 0.6) is 0 Å². The van der Waals surface area contributed by atoms with Gasteiger partial charge in [0.05, 0.1) is 5.56 Å². The zero-order valence-electron chi connectivity index (χ0n) is 24.9. The van der Waals surface area contributed by atoms with E-state index in [1.54, 1.807) is 17.0 Å². The molecular weight excluding hydrogens is 514 g/mol. The van der Waals surface area contributed by atoms with Crippen LogP contribution in [-0.4, -0.2) is 41.0 Å². The minimum atomic E-state index is -0.549. The van der Waals surface area contributed by atoms with Crippen LogP contribution in [0.1, 0.15) is 76.2 Å². The highest BCUT2D eigenvalue weighted by Gasteiger charge is 2.41. The molecule has 7 heteroatoms. The maximum absolute atomic E-state index is 13.4. The summed E-state index contributed by atoms with van der Waals surface area (Å²) in [5.41, 5.74) is 4.43. The summed E-state index contributed by atoms with van der Waals surface area (Å²) in [5.74, 6) is -0.0393. The van der Waals surface area contributed by atoms with Crippen LogP contribution in [0.15, 0.2) is 72.8 Å². The molecule has 1 heterocycles. The quantitative estimate of drug-likeness (QED) is 0.292. The fraction of sp³-hybridized carbons (Fsp3) is 0.382. The van der Waals surface area contributed by atoms with Crippen molar-refractivity contribution in [1.29, 1.82) is 0 Å². The van der Waals surface area contributed by atoms with Crippen LogP contribution in [-0.2, 0) is 9.53 Å². The number of nitrogens with zero attached hydrogens (tertiary/aromatic N) is 1. The Labute approximate surface area is 243 Å². The first-order valence-corrected chi connectivity index (χ1v) is 14.4. The van der Waals surface area contributed by atoms with Crippen molar-refractivity contribution in [1.82, 2.24) is 4.90 Å². The SMILES string of the molecule is CCC1CCN(C(=O)Nc2ccc(C(C)C)cc2)[C@H]1C(=O)Nc1ccc(-c2ccc(C(=O)OC(C)(C)C)cc2)cc1. The molecule has 1 saturated heterocycles. The number of carbonyl (C=O) groups excluding carboxylic acids is 3. The van der Waals surface area contributed by atoms with E-state index in [1.807, 2.05) is 81.4 Å². The number of hydrogen-bond acceptors (Lipinski definition) is 4. The van der Waals surface area contributed by atoms with Crippen molar-refractivity contribution in [2.75, 3.05) is 17.2 Å². The lowest BCUT2D eigenvalue weighted by atomic mass is 9.96. The summed E-state index contributed by atoms with van der Waals surface area (Å²) in [7, 11) is 0. The number of nitrogens with one attached hydrogen (secondary N) is 2. The van der Waals surface area contributed by atoms with E-state index in [0.29, 0.717) is 29.4 Å². The van der Waals surface area contributed by atoms with E-state index in [1.165, 1.54) is 5.56 Å². The number of anilines is 2. The summed E-state index contributed by atoms with van der Waals surface area (Å²) in [5, 5.41) is 5.99. The van der Waals surface area contributed by atoms with Gasteiger partial charge in [-0.1, -0.05) is 63.6 Å². The van der Waals surface area contributed by atoms with Gasteiger partial charge >= 0.3 is 12.0 Å². The van der Waals surface area contributed by atoms with Gasteiger partial charge in [0.25, 0.3) is 0 Å². The molecule has 4 rings (SSSR count). The number of urea groups is 1. The van der Waals surface area contributed by atoms with Crippen LogP contribution >= 0.6 is 0 Å². The van der Waals surface area contributed by atoms with E-state index in [-0.39, 0.29) is 23.8 Å². The van der Waals surface area contributed by atoms with E-state index >= 15 is 0 Å². The van der Waals surface area contributed by atoms with Crippen molar-refractivity contribution >= 4 is 29.3 Å². The Hall–Kier alpha value is -4.13. The number of esters is 1. The lowest BCUT2D eigenvalue weighted by Crippen LogP contribution is -2.47. The Morgan fingerprint density at radius 3 is 1.93 bits per heavy atom. The van der Waals surface area contributed by atoms with E-state index < -0.39 is 11.6 Å². The second-order valence-electron chi connectivity index (χ2n) is 11.9. The third kappa shape index (κ3) is 7.54. The maximum atomic E-state index is 13.4. The first-order chi connectivity index (χ1) is 19.4. The van der Waals surface area contributed by atoms with Crippen molar-refractivity contribution in [2.24, 2.45) is 5.92 Å². The molecule has 0 radical (unpaired) electrons. The van der Waals surface area contributed by atoms with Gasteiger partial charge in [-0.3, -0.25) is 4.79 Å². The van der Waals surface area contributed by atoms with Gasteiger partial charge in [-0.05, 0) is 92.1 Å². The van der Waals surface area contributed by atoms with Crippen LogP contribution in [0.4, 0.5) is 16.2 Å². The normalized spacial score (nSPS) is 16.9. The minimum absolute atomic E-state index is 0.0897. The summed E-state index contributed by atoms with van der Waals surface area (Å²) in [4.78, 5) is 40.6. The van der Waals surface area contributed by atoms with Crippen molar-refractivity contribution in [2.45, 2.75) is 71.9 Å². The lowest BCUT2D eigenvalue weighted by molar-refractivity contribution is -0.120. The summed E-state index contributed by atoms with van der Waals surface area (Å²) in [6.07, 6.45) is 1.59. The van der Waals surface area contributed by atoms with Crippen LogP contribution in [0.25, 0.3) is 11.1 Å². The molecule has 3 aromatic carbocycles. The van der Waals surface area contributed by atoms with Crippen molar-refractivity contribution in [3.8, 4) is 11.1 Å². The highest BCUT2D eigenvalue weighted by atomic mass is 16.6. The van der Waals surface area contributed by atoms with Crippen LogP contribution < -0.4 is 10.6 Å². The lowest BCUT2D eigenvalue weighted by Gasteiger charge is -2.27. The largest absolute Gasteiger partial charge is 0.456 e. The number of amides is 3. The third-order valence-electron chi connectivity index (χ3n) is 7.41. The molecule has 1 unspecified atom stereocenters. The van der Waals surface area contributed by atoms with Gasteiger partial charge in [-0.15, -0.1) is 0 Å². The molecule has 0 aliphatic carbocycles. The Kier molecular flexibility index (Phi) is 9.16. The summed E-state index contributed by atoms with van der Waals surface area (Å²) in [6, 6.07) is 21.9. The van der Waals surface area contributed by atoms with Gasteiger partial charge < -0.3 is 20.3 Å². The van der Waals surface area contributed by atoms with Gasteiger partial charge in [-0.25, -0.2) is 9.59 Å². The predicted molar refractivity (Wildman–Crippen MR) is 164 cm³/mol. The number of likely N-dealkylation sites (tertiary alicyclic amines) is 1. The Bertz CT molecular complexity index is 1360. The van der Waals surface area contributed by atoms with Crippen molar-refractivity contribution in [3.05, 3.63) is 83.9 Å². The number of rotatable bonds is 7. The summed E-state index contributed by atoms with van der Waals surface area (Å²) < 4.78 is 5.44. The fourth-order valence-corrected chi connectivity index (χ4v) is 5.11. The molecule has 3 amide bonds. The summed E-state index contributed by atoms with van der Waals surface area (Å²) >= 11 is 0. The first-order valence-electron chi connectivity index (χ1n) is 14.4. The highest BCUT2D eigenvalue weighted by molar-refractivity contribution is 6.00. The molecule has 0 spiro atoms. The molecular formula is C34H41N3O4. The molecule has 216 valence electrons. The van der Waals surface area contributed by atoms with Gasteiger partial charge in [0, 0.05) is 17.9 Å². The van der Waals surface area contributed by atoms with E-state index in [9.17, 15) is 14.4 Å². The average Bonchev–Trinajstić information content (AvgIpc) is 3.38. The molecule has 1 aliphatic rings. The van der Waals surface area contributed by atoms with Crippen LogP contribution in [0.2, 0.25) is 0 Å².